The fourth-order valence-corrected chi connectivity index (χ4v) is 3.61. The summed E-state index contributed by atoms with van der Waals surface area (Å²) in [4.78, 5) is 14.4. The Morgan fingerprint density at radius 2 is 2.22 bits per heavy atom. The maximum absolute atomic E-state index is 12.3. The van der Waals surface area contributed by atoms with Gasteiger partial charge in [-0.1, -0.05) is 0 Å². The van der Waals surface area contributed by atoms with E-state index in [2.05, 4.69) is 19.2 Å². The summed E-state index contributed by atoms with van der Waals surface area (Å²) in [5.74, 6) is 1.29. The molecule has 0 aromatic rings. The summed E-state index contributed by atoms with van der Waals surface area (Å²) in [5.41, 5.74) is 0. The highest BCUT2D eigenvalue weighted by Crippen LogP contribution is 2.30. The molecular weight excluding hydrogens is 272 g/mol. The van der Waals surface area contributed by atoms with Crippen molar-refractivity contribution in [3.8, 4) is 0 Å². The Morgan fingerprint density at radius 3 is 2.78 bits per heavy atom. The average Bonchev–Trinajstić information content (AvgIpc) is 2.75. The molecule has 0 spiro atoms. The molecule has 106 valence electrons. The highest BCUT2D eigenvalue weighted by atomic mass is 35.5. The number of amides is 1. The van der Waals surface area contributed by atoms with Gasteiger partial charge in [0.05, 0.1) is 12.1 Å². The predicted molar refractivity (Wildman–Crippen MR) is 77.6 cm³/mol. The fourth-order valence-electron chi connectivity index (χ4n) is 2.50. The van der Waals surface area contributed by atoms with Crippen LogP contribution < -0.4 is 5.32 Å². The molecule has 6 heteroatoms. The van der Waals surface area contributed by atoms with E-state index in [0.717, 1.165) is 31.8 Å². The topological polar surface area (TPSA) is 41.6 Å². The first-order valence-electron chi connectivity index (χ1n) is 6.21. The van der Waals surface area contributed by atoms with Crippen molar-refractivity contribution in [3.05, 3.63) is 0 Å². The summed E-state index contributed by atoms with van der Waals surface area (Å²) in [5, 5.41) is 3.26. The first-order chi connectivity index (χ1) is 8.02. The van der Waals surface area contributed by atoms with Crippen molar-refractivity contribution >= 4 is 30.1 Å². The Labute approximate surface area is 120 Å². The largest absolute Gasteiger partial charge is 0.380 e. The molecule has 0 saturated carbocycles. The van der Waals surface area contributed by atoms with Crippen LogP contribution in [0, 0.1) is 0 Å². The zero-order valence-corrected chi connectivity index (χ0v) is 12.9. The Balaban J connectivity index is 0.00000162. The van der Waals surface area contributed by atoms with E-state index in [9.17, 15) is 4.79 Å². The highest BCUT2D eigenvalue weighted by molar-refractivity contribution is 8.00. The van der Waals surface area contributed by atoms with Gasteiger partial charge in [-0.05, 0) is 20.3 Å². The van der Waals surface area contributed by atoms with Crippen LogP contribution in [0.3, 0.4) is 0 Å². The molecule has 1 amide bonds. The van der Waals surface area contributed by atoms with Crippen LogP contribution in [-0.2, 0) is 9.53 Å². The van der Waals surface area contributed by atoms with Gasteiger partial charge < -0.3 is 15.0 Å². The number of nitrogens with one attached hydrogen (secondary N) is 1. The molecule has 18 heavy (non-hydrogen) atoms. The lowest BCUT2D eigenvalue weighted by molar-refractivity contribution is -0.133. The monoisotopic (exact) mass is 294 g/mol. The Morgan fingerprint density at radius 1 is 1.50 bits per heavy atom. The fraction of sp³-hybridized carbons (Fsp3) is 0.917. The molecule has 2 heterocycles. The lowest BCUT2D eigenvalue weighted by Gasteiger charge is -2.38. The Bertz CT molecular complexity index is 302. The molecule has 2 fully saturated rings. The van der Waals surface area contributed by atoms with Crippen molar-refractivity contribution in [2.75, 3.05) is 32.5 Å². The van der Waals surface area contributed by atoms with E-state index in [1.54, 1.807) is 7.11 Å². The minimum atomic E-state index is -0.0427. The number of methoxy groups -OCH3 is 1. The van der Waals surface area contributed by atoms with Crippen molar-refractivity contribution in [2.45, 2.75) is 37.2 Å². The predicted octanol–water partition coefficient (Wildman–Crippen LogP) is 1.14. The smallest absolute Gasteiger partial charge is 0.239 e. The molecular formula is C12H23ClN2O2S. The minimum absolute atomic E-state index is 0. The van der Waals surface area contributed by atoms with Crippen LogP contribution in [0.1, 0.15) is 20.3 Å². The number of nitrogens with zero attached hydrogens (tertiary/aromatic N) is 1. The van der Waals surface area contributed by atoms with Crippen LogP contribution in [0.25, 0.3) is 0 Å². The zero-order chi connectivity index (χ0) is 12.5. The number of rotatable bonds is 2. The van der Waals surface area contributed by atoms with Crippen molar-refractivity contribution in [3.63, 3.8) is 0 Å². The van der Waals surface area contributed by atoms with Crippen LogP contribution >= 0.6 is 24.2 Å². The van der Waals surface area contributed by atoms with Crippen LogP contribution in [0.4, 0.5) is 0 Å². The van der Waals surface area contributed by atoms with E-state index < -0.39 is 0 Å². The molecule has 0 aromatic heterocycles. The summed E-state index contributed by atoms with van der Waals surface area (Å²) >= 11 is 1.95. The third kappa shape index (κ3) is 3.76. The van der Waals surface area contributed by atoms with Crippen LogP contribution in [0.15, 0.2) is 0 Å². The second-order valence-corrected chi connectivity index (χ2v) is 7.22. The molecule has 2 saturated heterocycles. The number of carbonyl (C=O) groups is 1. The van der Waals surface area contributed by atoms with Gasteiger partial charge in [-0.15, -0.1) is 12.4 Å². The SMILES string of the molecule is CO[C@@H]1CN[C@H](C(=O)N2CCSC(C)(C)C2)C1.Cl. The normalized spacial score (nSPS) is 30.9. The maximum Gasteiger partial charge on any atom is 0.239 e. The first-order valence-corrected chi connectivity index (χ1v) is 7.19. The van der Waals surface area contributed by atoms with Gasteiger partial charge in [-0.3, -0.25) is 4.79 Å². The lowest BCUT2D eigenvalue weighted by atomic mass is 10.1. The van der Waals surface area contributed by atoms with Gasteiger partial charge in [0.2, 0.25) is 5.91 Å². The van der Waals surface area contributed by atoms with Gasteiger partial charge in [-0.2, -0.15) is 11.8 Å². The molecule has 0 radical (unpaired) electrons. The second kappa shape index (κ2) is 6.46. The molecule has 1 N–H and O–H groups in total. The maximum atomic E-state index is 12.3. The van der Waals surface area contributed by atoms with Gasteiger partial charge in [0.1, 0.15) is 0 Å². The number of thioether (sulfide) groups is 1. The summed E-state index contributed by atoms with van der Waals surface area (Å²) in [7, 11) is 1.71. The lowest BCUT2D eigenvalue weighted by Crippen LogP contribution is -2.51. The van der Waals surface area contributed by atoms with Gasteiger partial charge in [0, 0.05) is 37.2 Å². The second-order valence-electron chi connectivity index (χ2n) is 5.42. The first kappa shape index (κ1) is 16.1. The Hall–Kier alpha value is 0.0300. The van der Waals surface area contributed by atoms with Crippen molar-refractivity contribution in [1.29, 1.82) is 0 Å². The van der Waals surface area contributed by atoms with E-state index in [-0.39, 0.29) is 35.2 Å². The number of hydrogen-bond acceptors (Lipinski definition) is 4. The van der Waals surface area contributed by atoms with Crippen molar-refractivity contribution < 1.29 is 9.53 Å². The summed E-state index contributed by atoms with van der Waals surface area (Å²) in [6.45, 7) is 6.93. The standard InChI is InChI=1S/C12H22N2O2S.ClH/c1-12(2)8-14(4-5-17-12)11(15)10-6-9(16-3)7-13-10;/h9-10,13H,4-8H2,1-3H3;1H/t9-,10-;/m0./s1. The molecule has 2 aliphatic heterocycles. The molecule has 4 nitrogen and oxygen atoms in total. The van der Waals surface area contributed by atoms with Crippen molar-refractivity contribution in [2.24, 2.45) is 0 Å². The third-order valence-corrected chi connectivity index (χ3v) is 4.76. The van der Waals surface area contributed by atoms with E-state index in [1.165, 1.54) is 0 Å². The van der Waals surface area contributed by atoms with Gasteiger partial charge in [0.15, 0.2) is 0 Å². The number of halogens is 1. The Kier molecular flexibility index (Phi) is 5.77. The average molecular weight is 295 g/mol. The quantitative estimate of drug-likeness (QED) is 0.829. The molecule has 0 aromatic carbocycles. The van der Waals surface area contributed by atoms with Crippen LogP contribution in [-0.4, -0.2) is 60.2 Å². The number of carbonyl (C=O) groups excluding carboxylic acids is 1. The number of ether oxygens (including phenoxy) is 1. The van der Waals surface area contributed by atoms with Gasteiger partial charge in [-0.25, -0.2) is 0 Å². The van der Waals surface area contributed by atoms with E-state index >= 15 is 0 Å². The van der Waals surface area contributed by atoms with Crippen LogP contribution in [0.5, 0.6) is 0 Å². The zero-order valence-electron chi connectivity index (χ0n) is 11.3. The number of hydrogen-bond donors (Lipinski definition) is 1. The summed E-state index contributed by atoms with van der Waals surface area (Å²) in [6.07, 6.45) is 0.996. The molecule has 2 rings (SSSR count). The highest BCUT2D eigenvalue weighted by Gasteiger charge is 2.36. The molecule has 0 bridgehead atoms. The summed E-state index contributed by atoms with van der Waals surface area (Å²) in [6, 6.07) is -0.0427. The molecule has 2 atom stereocenters. The molecule has 0 unspecified atom stereocenters. The van der Waals surface area contributed by atoms with E-state index in [1.807, 2.05) is 16.7 Å². The summed E-state index contributed by atoms with van der Waals surface area (Å²) < 4.78 is 5.47. The minimum Gasteiger partial charge on any atom is -0.380 e. The van der Waals surface area contributed by atoms with E-state index in [0.29, 0.717) is 0 Å². The molecule has 0 aliphatic carbocycles. The van der Waals surface area contributed by atoms with Gasteiger partial charge in [0.25, 0.3) is 0 Å². The third-order valence-electron chi connectivity index (χ3n) is 3.46. The van der Waals surface area contributed by atoms with Crippen molar-refractivity contribution in [1.82, 2.24) is 10.2 Å². The van der Waals surface area contributed by atoms with E-state index in [4.69, 9.17) is 4.74 Å². The molecule has 2 aliphatic rings. The van der Waals surface area contributed by atoms with Crippen LogP contribution in [0.2, 0.25) is 0 Å². The van der Waals surface area contributed by atoms with Gasteiger partial charge >= 0.3 is 0 Å².